The first-order valence-electron chi connectivity index (χ1n) is 11.5. The van der Waals surface area contributed by atoms with Crippen LogP contribution in [-0.4, -0.2) is 23.0 Å². The fourth-order valence-corrected chi connectivity index (χ4v) is 3.38. The molecule has 0 aliphatic carbocycles. The van der Waals surface area contributed by atoms with Crippen LogP contribution in [0.25, 0.3) is 32.9 Å². The molecule has 2 heterocycles. The van der Waals surface area contributed by atoms with Crippen molar-refractivity contribution in [2.75, 3.05) is 7.11 Å². The number of pyridine rings is 2. The lowest BCUT2D eigenvalue weighted by Gasteiger charge is -2.04. The molecule has 0 amide bonds. The topological polar surface area (TPSA) is 52.1 Å². The third kappa shape index (κ3) is 7.24. The van der Waals surface area contributed by atoms with Crippen molar-refractivity contribution in [1.29, 1.82) is 0 Å². The van der Waals surface area contributed by atoms with Gasteiger partial charge in [-0.3, -0.25) is 14.8 Å². The highest BCUT2D eigenvalue weighted by molar-refractivity contribution is 5.94. The summed E-state index contributed by atoms with van der Waals surface area (Å²) in [6.45, 7) is 2.04. The molecule has 34 heavy (non-hydrogen) atoms. The Kier molecular flexibility index (Phi) is 9.75. The maximum atomic E-state index is 10.3. The molecule has 5 aromatic rings. The van der Waals surface area contributed by atoms with Crippen molar-refractivity contribution in [3.63, 3.8) is 0 Å². The third-order valence-electron chi connectivity index (χ3n) is 5.20. The minimum atomic E-state index is -0.105. The van der Waals surface area contributed by atoms with Crippen LogP contribution in [0.1, 0.15) is 26.2 Å². The van der Waals surface area contributed by atoms with Crippen LogP contribution in [0.4, 0.5) is 0 Å². The van der Waals surface area contributed by atoms with Gasteiger partial charge in [-0.2, -0.15) is 0 Å². The second-order valence-electron chi connectivity index (χ2n) is 7.62. The van der Waals surface area contributed by atoms with Crippen molar-refractivity contribution >= 4 is 27.6 Å². The highest BCUT2D eigenvalue weighted by atomic mass is 16.5. The van der Waals surface area contributed by atoms with E-state index in [-0.39, 0.29) is 5.97 Å². The fourth-order valence-electron chi connectivity index (χ4n) is 3.38. The summed E-state index contributed by atoms with van der Waals surface area (Å²) >= 11 is 0. The fraction of sp³-hybridized carbons (Fsp3) is 0.167. The van der Waals surface area contributed by atoms with Crippen LogP contribution < -0.4 is 0 Å². The second kappa shape index (κ2) is 13.5. The summed E-state index contributed by atoms with van der Waals surface area (Å²) in [6, 6.07) is 32.8. The van der Waals surface area contributed by atoms with Crippen molar-refractivity contribution in [1.82, 2.24) is 9.97 Å². The molecule has 0 radical (unpaired) electrons. The van der Waals surface area contributed by atoms with Gasteiger partial charge in [-0.25, -0.2) is 0 Å². The number of aromatic nitrogens is 2. The Morgan fingerprint density at radius 1 is 0.735 bits per heavy atom. The number of fused-ring (bicyclic) bond motifs is 2. The van der Waals surface area contributed by atoms with Crippen molar-refractivity contribution in [2.45, 2.75) is 26.2 Å². The lowest BCUT2D eigenvalue weighted by Crippen LogP contribution is -1.98. The van der Waals surface area contributed by atoms with E-state index in [9.17, 15) is 4.79 Å². The summed E-state index contributed by atoms with van der Waals surface area (Å²) in [5.41, 5.74) is 3.28. The molecule has 0 saturated carbocycles. The second-order valence-corrected chi connectivity index (χ2v) is 7.62. The Morgan fingerprint density at radius 2 is 1.41 bits per heavy atom. The van der Waals surface area contributed by atoms with E-state index in [2.05, 4.69) is 63.2 Å². The number of hydrogen-bond donors (Lipinski definition) is 0. The molecular weight excluding hydrogens is 420 g/mol. The molecule has 0 unspecified atom stereocenters. The molecule has 4 nitrogen and oxygen atoms in total. The Labute approximate surface area is 201 Å². The standard InChI is InChI=1S/C15H11N.C9H7N.C6H12O2/c1-2-7-13(8-3-1)15-14-9-5-4-6-12(14)10-11-16-15;1-2-6-9-8(4-1)5-3-7-10-9;1-3-4-5-6(7)8-2/h1-11H;1-7H;3-5H2,1-2H3. The number of nitrogens with zero attached hydrogens (tertiary/aromatic N) is 2. The largest absolute Gasteiger partial charge is 0.469 e. The molecule has 5 rings (SSSR count). The van der Waals surface area contributed by atoms with Crippen molar-refractivity contribution in [2.24, 2.45) is 0 Å². The van der Waals surface area contributed by atoms with Crippen LogP contribution >= 0.6 is 0 Å². The number of carbonyl (C=O) groups is 1. The summed E-state index contributed by atoms with van der Waals surface area (Å²) in [6.07, 6.45) is 6.22. The summed E-state index contributed by atoms with van der Waals surface area (Å²) in [5, 5.41) is 3.64. The van der Waals surface area contributed by atoms with Gasteiger partial charge in [0.25, 0.3) is 0 Å². The van der Waals surface area contributed by atoms with Crippen LogP contribution in [0.5, 0.6) is 0 Å². The zero-order valence-corrected chi connectivity index (χ0v) is 19.7. The first-order valence-corrected chi connectivity index (χ1v) is 11.5. The Hall–Kier alpha value is -4.05. The molecule has 0 aliphatic rings. The first-order chi connectivity index (χ1) is 16.7. The molecule has 0 spiro atoms. The SMILES string of the molecule is CCCCC(=O)OC.c1ccc(-c2nccc3ccccc23)cc1.c1ccc2ncccc2c1. The summed E-state index contributed by atoms with van der Waals surface area (Å²) in [4.78, 5) is 19.0. The quantitative estimate of drug-likeness (QED) is 0.266. The lowest BCUT2D eigenvalue weighted by atomic mass is 10.0. The van der Waals surface area contributed by atoms with Gasteiger partial charge in [-0.15, -0.1) is 0 Å². The third-order valence-corrected chi connectivity index (χ3v) is 5.20. The molecule has 172 valence electrons. The van der Waals surface area contributed by atoms with Gasteiger partial charge >= 0.3 is 5.97 Å². The van der Waals surface area contributed by atoms with Crippen LogP contribution in [0.2, 0.25) is 0 Å². The number of methoxy groups -OCH3 is 1. The molecule has 0 aliphatic heterocycles. The predicted octanol–water partition coefficient (Wildman–Crippen LogP) is 7.49. The Bertz CT molecular complexity index is 1230. The van der Waals surface area contributed by atoms with Crippen LogP contribution in [0.3, 0.4) is 0 Å². The smallest absolute Gasteiger partial charge is 0.305 e. The van der Waals surface area contributed by atoms with Gasteiger partial charge in [0.15, 0.2) is 0 Å². The average Bonchev–Trinajstić information content (AvgIpc) is 2.92. The van der Waals surface area contributed by atoms with Crippen molar-refractivity contribution < 1.29 is 9.53 Å². The monoisotopic (exact) mass is 450 g/mol. The zero-order valence-electron chi connectivity index (χ0n) is 19.7. The lowest BCUT2D eigenvalue weighted by molar-refractivity contribution is -0.140. The first kappa shape index (κ1) is 24.6. The summed E-state index contributed by atoms with van der Waals surface area (Å²) in [5.74, 6) is -0.105. The minimum Gasteiger partial charge on any atom is -0.469 e. The highest BCUT2D eigenvalue weighted by Crippen LogP contribution is 2.25. The van der Waals surface area contributed by atoms with Crippen LogP contribution in [0.15, 0.2) is 109 Å². The number of ether oxygens (including phenoxy) is 1. The van der Waals surface area contributed by atoms with E-state index >= 15 is 0 Å². The number of benzene rings is 3. The van der Waals surface area contributed by atoms with Crippen molar-refractivity contribution in [3.05, 3.63) is 109 Å². The number of esters is 1. The summed E-state index contributed by atoms with van der Waals surface area (Å²) in [7, 11) is 1.41. The maximum absolute atomic E-state index is 10.3. The average molecular weight is 451 g/mol. The molecule has 2 aromatic heterocycles. The molecule has 4 heteroatoms. The molecule has 0 bridgehead atoms. The van der Waals surface area contributed by atoms with Gasteiger partial charge in [-0.05, 0) is 30.0 Å². The van der Waals surface area contributed by atoms with E-state index in [0.29, 0.717) is 6.42 Å². The van der Waals surface area contributed by atoms with Gasteiger partial charge in [0.2, 0.25) is 0 Å². The Balaban J connectivity index is 0.000000155. The predicted molar refractivity (Wildman–Crippen MR) is 140 cm³/mol. The van der Waals surface area contributed by atoms with Crippen molar-refractivity contribution in [3.8, 4) is 11.3 Å². The van der Waals surface area contributed by atoms with Gasteiger partial charge in [0.1, 0.15) is 0 Å². The van der Waals surface area contributed by atoms with E-state index in [1.165, 1.54) is 28.8 Å². The van der Waals surface area contributed by atoms with E-state index in [1.807, 2.05) is 67.8 Å². The molecular formula is C30H30N2O2. The van der Waals surface area contributed by atoms with E-state index in [1.54, 1.807) is 0 Å². The van der Waals surface area contributed by atoms with Crippen LogP contribution in [0, 0.1) is 0 Å². The molecule has 0 atom stereocenters. The molecule has 0 saturated heterocycles. The number of para-hydroxylation sites is 1. The van der Waals surface area contributed by atoms with Gasteiger partial charge in [0.05, 0.1) is 18.3 Å². The minimum absolute atomic E-state index is 0.105. The van der Waals surface area contributed by atoms with E-state index in [0.717, 1.165) is 24.1 Å². The molecule has 0 fully saturated rings. The number of hydrogen-bond acceptors (Lipinski definition) is 4. The molecule has 3 aromatic carbocycles. The summed E-state index contributed by atoms with van der Waals surface area (Å²) < 4.78 is 4.41. The molecule has 0 N–H and O–H groups in total. The normalized spacial score (nSPS) is 9.94. The van der Waals surface area contributed by atoms with Gasteiger partial charge < -0.3 is 4.74 Å². The number of carbonyl (C=O) groups excluding carboxylic acids is 1. The zero-order chi connectivity index (χ0) is 24.0. The van der Waals surface area contributed by atoms with E-state index in [4.69, 9.17) is 0 Å². The maximum Gasteiger partial charge on any atom is 0.305 e. The van der Waals surface area contributed by atoms with Crippen LogP contribution in [-0.2, 0) is 9.53 Å². The Morgan fingerprint density at radius 3 is 2.15 bits per heavy atom. The number of rotatable bonds is 4. The van der Waals surface area contributed by atoms with Gasteiger partial charge in [-0.1, -0.05) is 92.2 Å². The number of unbranched alkanes of at least 4 members (excludes halogenated alkanes) is 1. The highest BCUT2D eigenvalue weighted by Gasteiger charge is 2.03. The van der Waals surface area contributed by atoms with E-state index < -0.39 is 0 Å². The van der Waals surface area contributed by atoms with Gasteiger partial charge in [0, 0.05) is 35.2 Å².